The van der Waals surface area contributed by atoms with E-state index in [1.165, 1.54) is 31.4 Å². The molecule has 0 radical (unpaired) electrons. The average Bonchev–Trinajstić information content (AvgIpc) is 2.91. The van der Waals surface area contributed by atoms with E-state index in [0.717, 1.165) is 11.8 Å². The zero-order valence-electron chi connectivity index (χ0n) is 21.5. The van der Waals surface area contributed by atoms with Gasteiger partial charge in [0.2, 0.25) is 11.9 Å². The first-order valence-electron chi connectivity index (χ1n) is 11.6. The quantitative estimate of drug-likeness (QED) is 0.197. The second kappa shape index (κ2) is 12.0. The molecule has 204 valence electrons. The van der Waals surface area contributed by atoms with Crippen LogP contribution < -0.4 is 20.3 Å². The first kappa shape index (κ1) is 28.3. The molecule has 0 aliphatic heterocycles. The number of nitrogens with zero attached hydrogens (tertiary/aromatic N) is 4. The van der Waals surface area contributed by atoms with Crippen molar-refractivity contribution in [1.82, 2.24) is 19.9 Å². The fourth-order valence-corrected chi connectivity index (χ4v) is 5.19. The third kappa shape index (κ3) is 6.82. The van der Waals surface area contributed by atoms with Crippen LogP contribution in [0.3, 0.4) is 0 Å². The number of sulfonamides is 1. The maximum Gasteiger partial charge on any atom is 0.270 e. The lowest BCUT2D eigenvalue weighted by Crippen LogP contribution is -2.18. The standard InChI is InChI=1S/C26H23N7O5S2/c1-15-12-16(2)29-25(28-15)33-40(36,37)20-10-6-18(7-11-20)30-22(34)14-39-26-31-23(21(13-27)24(35)32-26)17-4-8-19(38-3)9-5-17/h4-12H,14H2,1-3H3,(H,30,34)(H,28,29,33)(H,31,32,35). The van der Waals surface area contributed by atoms with Crippen LogP contribution in [0.4, 0.5) is 11.6 Å². The lowest BCUT2D eigenvalue weighted by Gasteiger charge is -2.10. The molecule has 0 aliphatic carbocycles. The van der Waals surface area contributed by atoms with Gasteiger partial charge in [0, 0.05) is 22.6 Å². The van der Waals surface area contributed by atoms with E-state index in [0.29, 0.717) is 28.4 Å². The molecular weight excluding hydrogens is 554 g/mol. The number of benzene rings is 2. The predicted molar refractivity (Wildman–Crippen MR) is 150 cm³/mol. The second-order valence-corrected chi connectivity index (χ2v) is 11.0. The molecule has 0 aliphatic rings. The van der Waals surface area contributed by atoms with Gasteiger partial charge >= 0.3 is 0 Å². The zero-order chi connectivity index (χ0) is 28.9. The van der Waals surface area contributed by atoms with Gasteiger partial charge in [0.15, 0.2) is 5.16 Å². The number of hydrogen-bond donors (Lipinski definition) is 3. The molecule has 40 heavy (non-hydrogen) atoms. The molecule has 3 N–H and O–H groups in total. The number of methoxy groups -OCH3 is 1. The Morgan fingerprint density at radius 2 is 1.70 bits per heavy atom. The van der Waals surface area contributed by atoms with Crippen LogP contribution in [0, 0.1) is 25.2 Å². The number of aromatic nitrogens is 4. The average molecular weight is 578 g/mol. The van der Waals surface area contributed by atoms with Crippen LogP contribution in [0.5, 0.6) is 5.75 Å². The molecule has 0 saturated carbocycles. The van der Waals surface area contributed by atoms with Gasteiger partial charge in [-0.1, -0.05) is 11.8 Å². The summed E-state index contributed by atoms with van der Waals surface area (Å²) in [5.74, 6) is 0.0512. The Bertz CT molecular complexity index is 1750. The molecule has 2 aromatic heterocycles. The third-order valence-corrected chi connectivity index (χ3v) is 7.59. The lowest BCUT2D eigenvalue weighted by molar-refractivity contribution is -0.113. The van der Waals surface area contributed by atoms with Gasteiger partial charge in [0.25, 0.3) is 15.6 Å². The van der Waals surface area contributed by atoms with Gasteiger partial charge in [0.1, 0.15) is 17.4 Å². The summed E-state index contributed by atoms with van der Waals surface area (Å²) in [7, 11) is -2.42. The molecule has 1 amide bonds. The molecular formula is C26H23N7O5S2. The van der Waals surface area contributed by atoms with Gasteiger partial charge in [-0.25, -0.2) is 28.1 Å². The van der Waals surface area contributed by atoms with Crippen molar-refractivity contribution in [3.8, 4) is 23.1 Å². The number of aromatic amines is 1. The molecule has 0 unspecified atom stereocenters. The van der Waals surface area contributed by atoms with E-state index in [9.17, 15) is 23.3 Å². The molecule has 0 spiro atoms. The highest BCUT2D eigenvalue weighted by molar-refractivity contribution is 7.99. The van der Waals surface area contributed by atoms with Crippen LogP contribution in [-0.4, -0.2) is 47.1 Å². The predicted octanol–water partition coefficient (Wildman–Crippen LogP) is 3.26. The van der Waals surface area contributed by atoms with Gasteiger partial charge in [-0.15, -0.1) is 0 Å². The van der Waals surface area contributed by atoms with Crippen molar-refractivity contribution >= 4 is 39.3 Å². The fraction of sp³-hybridized carbons (Fsp3) is 0.154. The normalized spacial score (nSPS) is 10.9. The molecule has 0 saturated heterocycles. The summed E-state index contributed by atoms with van der Waals surface area (Å²) >= 11 is 0.976. The molecule has 4 aromatic rings. The summed E-state index contributed by atoms with van der Waals surface area (Å²) in [6.45, 7) is 3.47. The summed E-state index contributed by atoms with van der Waals surface area (Å²) in [5.41, 5.74) is 1.58. The third-order valence-electron chi connectivity index (χ3n) is 5.37. The molecule has 12 nitrogen and oxygen atoms in total. The minimum atomic E-state index is -3.94. The SMILES string of the molecule is COc1ccc(-c2nc(SCC(=O)Nc3ccc(S(=O)(=O)Nc4nc(C)cc(C)n4)cc3)[nH]c(=O)c2C#N)cc1. The number of thioether (sulfide) groups is 1. The largest absolute Gasteiger partial charge is 0.497 e. The molecule has 4 rings (SSSR count). The maximum atomic E-state index is 12.7. The first-order valence-corrected chi connectivity index (χ1v) is 14.1. The van der Waals surface area contributed by atoms with Crippen LogP contribution in [0.25, 0.3) is 11.3 Å². The number of ether oxygens (including phenoxy) is 1. The number of rotatable bonds is 9. The van der Waals surface area contributed by atoms with Crippen molar-refractivity contribution in [1.29, 1.82) is 5.26 Å². The van der Waals surface area contributed by atoms with Crippen LogP contribution in [0.2, 0.25) is 0 Å². The molecule has 14 heteroatoms. The lowest BCUT2D eigenvalue weighted by atomic mass is 10.1. The van der Waals surface area contributed by atoms with E-state index in [2.05, 4.69) is 30.0 Å². The Kier molecular flexibility index (Phi) is 8.46. The van der Waals surface area contributed by atoms with E-state index >= 15 is 0 Å². The number of carbonyl (C=O) groups excluding carboxylic acids is 1. The van der Waals surface area contributed by atoms with Gasteiger partial charge in [0.05, 0.1) is 23.5 Å². The second-order valence-electron chi connectivity index (χ2n) is 8.38. The highest BCUT2D eigenvalue weighted by Gasteiger charge is 2.17. The number of aryl methyl sites for hydroxylation is 2. The highest BCUT2D eigenvalue weighted by atomic mass is 32.2. The van der Waals surface area contributed by atoms with E-state index < -0.39 is 21.5 Å². The van der Waals surface area contributed by atoms with Crippen LogP contribution in [0.1, 0.15) is 17.0 Å². The van der Waals surface area contributed by atoms with Crippen molar-refractivity contribution < 1.29 is 17.9 Å². The molecule has 2 aromatic carbocycles. The number of anilines is 2. The van der Waals surface area contributed by atoms with Crippen molar-refractivity contribution in [3.63, 3.8) is 0 Å². The molecule has 2 heterocycles. The Balaban J connectivity index is 1.42. The van der Waals surface area contributed by atoms with Crippen molar-refractivity contribution in [2.24, 2.45) is 0 Å². The number of nitriles is 1. The summed E-state index contributed by atoms with van der Waals surface area (Å²) < 4.78 is 32.9. The number of amides is 1. The van der Waals surface area contributed by atoms with E-state index in [4.69, 9.17) is 4.74 Å². The van der Waals surface area contributed by atoms with Crippen LogP contribution in [0.15, 0.2) is 69.4 Å². The maximum absolute atomic E-state index is 12.7. The van der Waals surface area contributed by atoms with Crippen molar-refractivity contribution in [2.45, 2.75) is 23.9 Å². The van der Waals surface area contributed by atoms with Gasteiger partial charge in [-0.3, -0.25) is 9.59 Å². The summed E-state index contributed by atoms with van der Waals surface area (Å²) in [6.07, 6.45) is 0. The smallest absolute Gasteiger partial charge is 0.270 e. The monoisotopic (exact) mass is 577 g/mol. The van der Waals surface area contributed by atoms with Crippen LogP contribution >= 0.6 is 11.8 Å². The van der Waals surface area contributed by atoms with Crippen LogP contribution in [-0.2, 0) is 14.8 Å². The zero-order valence-corrected chi connectivity index (χ0v) is 23.2. The van der Waals surface area contributed by atoms with E-state index in [-0.39, 0.29) is 33.0 Å². The molecule has 0 fully saturated rings. The summed E-state index contributed by atoms with van der Waals surface area (Å²) in [4.78, 5) is 40.0. The van der Waals surface area contributed by atoms with Gasteiger partial charge in [-0.2, -0.15) is 5.26 Å². The highest BCUT2D eigenvalue weighted by Crippen LogP contribution is 2.24. The molecule has 0 bridgehead atoms. The van der Waals surface area contributed by atoms with Crippen molar-refractivity contribution in [2.75, 3.05) is 22.9 Å². The Morgan fingerprint density at radius 1 is 1.05 bits per heavy atom. The first-order chi connectivity index (χ1) is 19.1. The minimum Gasteiger partial charge on any atom is -0.497 e. The minimum absolute atomic E-state index is 0.0310. The topological polar surface area (TPSA) is 180 Å². The number of H-pyrrole nitrogens is 1. The number of hydrogen-bond acceptors (Lipinski definition) is 10. The number of nitrogens with one attached hydrogen (secondary N) is 3. The van der Waals surface area contributed by atoms with Gasteiger partial charge in [-0.05, 0) is 68.4 Å². The Morgan fingerprint density at radius 3 is 2.30 bits per heavy atom. The van der Waals surface area contributed by atoms with E-state index in [1.807, 2.05) is 6.07 Å². The summed E-state index contributed by atoms with van der Waals surface area (Å²) in [6, 6.07) is 15.9. The number of carbonyl (C=O) groups is 1. The fourth-order valence-electron chi connectivity index (χ4n) is 3.58. The Hall–Kier alpha value is -4.74. The summed E-state index contributed by atoms with van der Waals surface area (Å²) in [5, 5.41) is 12.3. The van der Waals surface area contributed by atoms with Crippen molar-refractivity contribution in [3.05, 3.63) is 81.9 Å². The van der Waals surface area contributed by atoms with Gasteiger partial charge < -0.3 is 15.0 Å². The molecule has 0 atom stereocenters. The Labute approximate surface area is 233 Å². The van der Waals surface area contributed by atoms with E-state index in [1.54, 1.807) is 44.2 Å².